The van der Waals surface area contributed by atoms with Crippen LogP contribution in [0, 0.1) is 0 Å². The highest BCUT2D eigenvalue weighted by Gasteiger charge is 2.25. The third-order valence-corrected chi connectivity index (χ3v) is 6.77. The predicted octanol–water partition coefficient (Wildman–Crippen LogP) is 4.32. The van der Waals surface area contributed by atoms with Gasteiger partial charge in [-0.3, -0.25) is 4.79 Å². The molecule has 2 rings (SSSR count). The summed E-state index contributed by atoms with van der Waals surface area (Å²) in [4.78, 5) is 25.1. The quantitative estimate of drug-likeness (QED) is 0.482. The molecule has 0 bridgehead atoms. The summed E-state index contributed by atoms with van der Waals surface area (Å²) in [6, 6.07) is 10.9. The highest BCUT2D eigenvalue weighted by Crippen LogP contribution is 2.25. The number of halogens is 1. The highest BCUT2D eigenvalue weighted by molar-refractivity contribution is 7.89. The Kier molecular flexibility index (Phi) is 7.12. The average molecular weight is 452 g/mol. The van der Waals surface area contributed by atoms with Gasteiger partial charge in [-0.2, -0.15) is 0 Å². The normalized spacial score (nSPS) is 13.2. The largest absolute Gasteiger partial charge is 0.451 e. The summed E-state index contributed by atoms with van der Waals surface area (Å²) < 4.78 is 30.9. The van der Waals surface area contributed by atoms with Gasteiger partial charge in [0.25, 0.3) is 0 Å². The van der Waals surface area contributed by atoms with Crippen molar-refractivity contribution in [2.45, 2.75) is 44.1 Å². The van der Waals surface area contributed by atoms with Crippen LogP contribution in [-0.2, 0) is 20.2 Å². The van der Waals surface area contributed by atoms with Gasteiger partial charge in [0.2, 0.25) is 15.8 Å². The van der Waals surface area contributed by atoms with E-state index >= 15 is 0 Å². The zero-order valence-electron chi connectivity index (χ0n) is 17.9. The second kappa shape index (κ2) is 8.88. The maximum atomic E-state index is 12.7. The van der Waals surface area contributed by atoms with Gasteiger partial charge >= 0.3 is 5.97 Å². The number of ether oxygens (including phenoxy) is 1. The minimum absolute atomic E-state index is 0.0342. The van der Waals surface area contributed by atoms with Crippen LogP contribution in [0.4, 0.5) is 0 Å². The van der Waals surface area contributed by atoms with Gasteiger partial charge in [-0.05, 0) is 36.1 Å². The van der Waals surface area contributed by atoms with Gasteiger partial charge in [-0.15, -0.1) is 0 Å². The van der Waals surface area contributed by atoms with E-state index in [4.69, 9.17) is 16.3 Å². The van der Waals surface area contributed by atoms with Crippen molar-refractivity contribution < 1.29 is 22.7 Å². The standard InChI is InChI=1S/C22H26ClNO5S/c1-14(20(25)15-7-9-16(10-8-15)22(2,3)4)29-21(26)18-13-17(11-12-19(18)23)30(27,28)24(5)6/h7-14H,1-6H3/t14-/m1/s1. The Balaban J connectivity index is 2.22. The Morgan fingerprint density at radius 2 is 1.60 bits per heavy atom. The molecule has 30 heavy (non-hydrogen) atoms. The fourth-order valence-electron chi connectivity index (χ4n) is 2.68. The van der Waals surface area contributed by atoms with Crippen LogP contribution >= 0.6 is 11.6 Å². The number of carbonyl (C=O) groups is 2. The first-order chi connectivity index (χ1) is 13.7. The van der Waals surface area contributed by atoms with Gasteiger partial charge < -0.3 is 4.74 Å². The van der Waals surface area contributed by atoms with Crippen LogP contribution in [0.1, 0.15) is 54.0 Å². The topological polar surface area (TPSA) is 80.8 Å². The van der Waals surface area contributed by atoms with Crippen LogP contribution in [0.5, 0.6) is 0 Å². The van der Waals surface area contributed by atoms with E-state index in [2.05, 4.69) is 20.8 Å². The number of rotatable bonds is 6. The van der Waals surface area contributed by atoms with Gasteiger partial charge in [0.15, 0.2) is 6.10 Å². The van der Waals surface area contributed by atoms with E-state index < -0.39 is 22.1 Å². The van der Waals surface area contributed by atoms with Crippen LogP contribution < -0.4 is 0 Å². The van der Waals surface area contributed by atoms with Crippen molar-refractivity contribution in [2.75, 3.05) is 14.1 Å². The molecule has 0 radical (unpaired) electrons. The van der Waals surface area contributed by atoms with Crippen LogP contribution in [0.3, 0.4) is 0 Å². The van der Waals surface area contributed by atoms with Crippen LogP contribution in [0.25, 0.3) is 0 Å². The molecule has 0 aromatic heterocycles. The van der Waals surface area contributed by atoms with Crippen molar-refractivity contribution in [3.63, 3.8) is 0 Å². The van der Waals surface area contributed by atoms with E-state index in [1.165, 1.54) is 33.2 Å². The van der Waals surface area contributed by atoms with Crippen molar-refractivity contribution >= 4 is 33.4 Å². The van der Waals surface area contributed by atoms with Gasteiger partial charge in [0, 0.05) is 19.7 Å². The second-order valence-electron chi connectivity index (χ2n) is 8.17. The number of hydrogen-bond acceptors (Lipinski definition) is 5. The van der Waals surface area contributed by atoms with E-state index in [0.29, 0.717) is 5.56 Å². The van der Waals surface area contributed by atoms with Crippen molar-refractivity contribution in [2.24, 2.45) is 0 Å². The second-order valence-corrected chi connectivity index (χ2v) is 10.7. The van der Waals surface area contributed by atoms with Crippen LogP contribution in [0.2, 0.25) is 5.02 Å². The lowest BCUT2D eigenvalue weighted by Gasteiger charge is -2.19. The summed E-state index contributed by atoms with van der Waals surface area (Å²) >= 11 is 6.07. The van der Waals surface area contributed by atoms with E-state index in [9.17, 15) is 18.0 Å². The predicted molar refractivity (Wildman–Crippen MR) is 117 cm³/mol. The van der Waals surface area contributed by atoms with E-state index in [0.717, 1.165) is 15.9 Å². The molecule has 162 valence electrons. The smallest absolute Gasteiger partial charge is 0.340 e. The molecular weight excluding hydrogens is 426 g/mol. The van der Waals surface area contributed by atoms with Gasteiger partial charge in [0.05, 0.1) is 15.5 Å². The first-order valence-electron chi connectivity index (χ1n) is 9.33. The molecule has 0 aliphatic rings. The molecule has 0 N–H and O–H groups in total. The molecule has 0 unspecified atom stereocenters. The van der Waals surface area contributed by atoms with Gasteiger partial charge in [-0.25, -0.2) is 17.5 Å². The lowest BCUT2D eigenvalue weighted by molar-refractivity contribution is 0.0318. The fourth-order valence-corrected chi connectivity index (χ4v) is 3.80. The molecule has 0 amide bonds. The first-order valence-corrected chi connectivity index (χ1v) is 11.1. The summed E-state index contributed by atoms with van der Waals surface area (Å²) in [5.74, 6) is -1.24. The van der Waals surface area contributed by atoms with Crippen molar-refractivity contribution in [3.05, 3.63) is 64.2 Å². The highest BCUT2D eigenvalue weighted by atomic mass is 35.5. The van der Waals surface area contributed by atoms with Gasteiger partial charge in [0.1, 0.15) is 0 Å². The number of sulfonamides is 1. The van der Waals surface area contributed by atoms with E-state index in [-0.39, 0.29) is 26.7 Å². The summed E-state index contributed by atoms with van der Waals surface area (Å²) in [5.41, 5.74) is 1.32. The number of esters is 1. The summed E-state index contributed by atoms with van der Waals surface area (Å²) in [7, 11) is -0.989. The summed E-state index contributed by atoms with van der Waals surface area (Å²) in [5, 5.41) is 0.0342. The van der Waals surface area contributed by atoms with E-state index in [1.54, 1.807) is 12.1 Å². The SMILES string of the molecule is C[C@@H](OC(=O)c1cc(S(=O)(=O)N(C)C)ccc1Cl)C(=O)c1ccc(C(C)(C)C)cc1. The Labute approximate surface area is 182 Å². The molecule has 0 fully saturated rings. The van der Waals surface area contributed by atoms with Crippen LogP contribution in [-0.4, -0.2) is 44.7 Å². The monoisotopic (exact) mass is 451 g/mol. The minimum Gasteiger partial charge on any atom is -0.451 e. The van der Waals surface area contributed by atoms with Crippen molar-refractivity contribution in [1.29, 1.82) is 0 Å². The molecule has 8 heteroatoms. The number of carbonyl (C=O) groups excluding carboxylic acids is 2. The van der Waals surface area contributed by atoms with Crippen molar-refractivity contribution in [3.8, 4) is 0 Å². The Morgan fingerprint density at radius 1 is 1.03 bits per heavy atom. The zero-order valence-corrected chi connectivity index (χ0v) is 19.5. The number of hydrogen-bond donors (Lipinski definition) is 0. The molecule has 2 aromatic carbocycles. The maximum Gasteiger partial charge on any atom is 0.340 e. The molecule has 0 heterocycles. The number of benzene rings is 2. The minimum atomic E-state index is -3.75. The number of ketones is 1. The Morgan fingerprint density at radius 3 is 2.10 bits per heavy atom. The lowest BCUT2D eigenvalue weighted by Crippen LogP contribution is -2.25. The Hall–Kier alpha value is -2.22. The molecule has 0 spiro atoms. The van der Waals surface area contributed by atoms with E-state index in [1.807, 2.05) is 12.1 Å². The summed E-state index contributed by atoms with van der Waals surface area (Å²) in [6.07, 6.45) is -1.07. The Bertz CT molecular complexity index is 1050. The van der Waals surface area contributed by atoms with Crippen LogP contribution in [0.15, 0.2) is 47.4 Å². The lowest BCUT2D eigenvalue weighted by atomic mass is 9.86. The fraction of sp³-hybridized carbons (Fsp3) is 0.364. The molecule has 0 aliphatic carbocycles. The molecule has 1 atom stereocenters. The molecule has 0 aliphatic heterocycles. The summed E-state index contributed by atoms with van der Waals surface area (Å²) in [6.45, 7) is 7.68. The molecule has 0 saturated carbocycles. The molecular formula is C22H26ClNO5S. The van der Waals surface area contributed by atoms with Gasteiger partial charge in [-0.1, -0.05) is 56.6 Å². The number of nitrogens with zero attached hydrogens (tertiary/aromatic N) is 1. The number of Topliss-reactive ketones (excluding diaryl/α,β-unsaturated/α-hetero) is 1. The van der Waals surface area contributed by atoms with Crippen molar-refractivity contribution in [1.82, 2.24) is 4.31 Å². The average Bonchev–Trinajstić information content (AvgIpc) is 2.66. The maximum absolute atomic E-state index is 12.7. The molecule has 6 nitrogen and oxygen atoms in total. The first kappa shape index (κ1) is 24.1. The zero-order chi connectivity index (χ0) is 22.9. The third kappa shape index (κ3) is 5.28. The molecule has 2 aromatic rings. The molecule has 0 saturated heterocycles. The third-order valence-electron chi connectivity index (χ3n) is 4.62.